The Bertz CT molecular complexity index is 1750. The van der Waals surface area contributed by atoms with Gasteiger partial charge in [0.1, 0.15) is 0 Å². The summed E-state index contributed by atoms with van der Waals surface area (Å²) in [6.07, 6.45) is 5.38. The van der Waals surface area contributed by atoms with Crippen molar-refractivity contribution in [1.82, 2.24) is 25.2 Å². The lowest BCUT2D eigenvalue weighted by molar-refractivity contribution is 0.0950. The zero-order valence-corrected chi connectivity index (χ0v) is 22.8. The topological polar surface area (TPSA) is 114 Å². The Morgan fingerprint density at radius 1 is 1.02 bits per heavy atom. The van der Waals surface area contributed by atoms with E-state index in [1.807, 2.05) is 18.2 Å². The fourth-order valence-electron chi connectivity index (χ4n) is 5.46. The number of amides is 1. The van der Waals surface area contributed by atoms with E-state index in [0.29, 0.717) is 11.3 Å². The van der Waals surface area contributed by atoms with Gasteiger partial charge in [-0.1, -0.05) is 12.1 Å². The van der Waals surface area contributed by atoms with Crippen LogP contribution in [-0.2, 0) is 40.7 Å². The van der Waals surface area contributed by atoms with Crippen LogP contribution >= 0.6 is 0 Å². The second kappa shape index (κ2) is 10.0. The summed E-state index contributed by atoms with van der Waals surface area (Å²) in [6, 6.07) is 15.5. The number of aromatic nitrogens is 3. The molecule has 0 radical (unpaired) electrons. The quantitative estimate of drug-likeness (QED) is 0.398. The van der Waals surface area contributed by atoms with Crippen molar-refractivity contribution in [2.45, 2.75) is 49.9 Å². The lowest BCUT2D eigenvalue weighted by Gasteiger charge is -2.28. The number of rotatable bonds is 5. The van der Waals surface area contributed by atoms with Crippen molar-refractivity contribution in [3.8, 4) is 11.4 Å². The van der Waals surface area contributed by atoms with Crippen LogP contribution in [0.3, 0.4) is 0 Å². The van der Waals surface area contributed by atoms with Crippen LogP contribution in [0.5, 0.6) is 0 Å². The first-order valence-corrected chi connectivity index (χ1v) is 15.3. The van der Waals surface area contributed by atoms with E-state index in [4.69, 9.17) is 14.7 Å². The van der Waals surface area contributed by atoms with Crippen LogP contribution < -0.4 is 5.32 Å². The van der Waals surface area contributed by atoms with E-state index < -0.39 is 9.84 Å². The van der Waals surface area contributed by atoms with Gasteiger partial charge in [-0.3, -0.25) is 14.7 Å². The summed E-state index contributed by atoms with van der Waals surface area (Å²) < 4.78 is 30.5. The van der Waals surface area contributed by atoms with E-state index in [9.17, 15) is 13.2 Å². The molecule has 3 aromatic heterocycles. The van der Waals surface area contributed by atoms with E-state index in [-0.39, 0.29) is 41.9 Å². The lowest BCUT2D eigenvalue weighted by Crippen LogP contribution is -2.33. The molecule has 3 aliphatic rings. The number of benzene rings is 1. The van der Waals surface area contributed by atoms with Crippen LogP contribution in [0.4, 0.5) is 0 Å². The van der Waals surface area contributed by atoms with Crippen LogP contribution in [0.15, 0.2) is 59.6 Å². The van der Waals surface area contributed by atoms with E-state index in [2.05, 4.69) is 27.3 Å². The van der Waals surface area contributed by atoms with E-state index in [1.165, 1.54) is 24.5 Å². The summed E-state index contributed by atoms with van der Waals surface area (Å²) >= 11 is 0. The average molecular weight is 556 g/mol. The molecule has 1 saturated carbocycles. The first-order chi connectivity index (χ1) is 19.4. The van der Waals surface area contributed by atoms with Gasteiger partial charge in [-0.25, -0.2) is 18.4 Å². The third-order valence-electron chi connectivity index (χ3n) is 7.89. The minimum absolute atomic E-state index is 0.0963. The molecule has 204 valence electrons. The normalized spacial score (nSPS) is 18.5. The van der Waals surface area contributed by atoms with Gasteiger partial charge in [0.25, 0.3) is 5.91 Å². The number of sulfone groups is 1. The zero-order valence-electron chi connectivity index (χ0n) is 22.0. The molecule has 1 aromatic carbocycles. The Labute approximate surface area is 232 Å². The van der Waals surface area contributed by atoms with Crippen LogP contribution in [0, 0.1) is 0 Å². The lowest BCUT2D eigenvalue weighted by atomic mass is 10.0. The maximum Gasteiger partial charge on any atom is 0.251 e. The minimum Gasteiger partial charge on any atom is -0.376 e. The van der Waals surface area contributed by atoms with E-state index in [1.54, 1.807) is 18.3 Å². The standard InChI is InChI=1S/C30H29N5O4S/c36-30(20-1-2-22-18-39-11-12-40(37,38)29(22)13-20)32-16-23-14-27-21(15-31-23)4-8-25(33-27)26-7-3-19-9-10-35(24-5-6-24)17-28(19)34-26/h1-4,7-8,13-15,24H,5-6,9-12,16-18H2,(H,32,36). The predicted octanol–water partition coefficient (Wildman–Crippen LogP) is 3.45. The van der Waals surface area contributed by atoms with Gasteiger partial charge in [-0.05, 0) is 66.8 Å². The number of fused-ring (bicyclic) bond motifs is 3. The number of hydrogen-bond acceptors (Lipinski definition) is 8. The van der Waals surface area contributed by atoms with Crippen molar-refractivity contribution in [2.75, 3.05) is 18.9 Å². The molecule has 1 amide bonds. The third-order valence-corrected chi connectivity index (χ3v) is 9.65. The number of carbonyl (C=O) groups is 1. The van der Waals surface area contributed by atoms with Gasteiger partial charge in [-0.15, -0.1) is 0 Å². The molecule has 0 bridgehead atoms. The fourth-order valence-corrected chi connectivity index (χ4v) is 6.85. The van der Waals surface area contributed by atoms with Gasteiger partial charge in [-0.2, -0.15) is 0 Å². The highest BCUT2D eigenvalue weighted by molar-refractivity contribution is 7.91. The predicted molar refractivity (Wildman–Crippen MR) is 149 cm³/mol. The highest BCUT2D eigenvalue weighted by Crippen LogP contribution is 2.32. The molecule has 5 heterocycles. The van der Waals surface area contributed by atoms with Gasteiger partial charge in [0.15, 0.2) is 9.84 Å². The Morgan fingerprint density at radius 2 is 1.85 bits per heavy atom. The molecule has 0 unspecified atom stereocenters. The van der Waals surface area contributed by atoms with Crippen molar-refractivity contribution in [3.63, 3.8) is 0 Å². The number of hydrogen-bond donors (Lipinski definition) is 1. The van der Waals surface area contributed by atoms with E-state index in [0.717, 1.165) is 53.5 Å². The second-order valence-corrected chi connectivity index (χ2v) is 12.8. The highest BCUT2D eigenvalue weighted by atomic mass is 32.2. The first kappa shape index (κ1) is 25.3. The molecule has 9 nitrogen and oxygen atoms in total. The Hall–Kier alpha value is -3.73. The molecule has 1 fully saturated rings. The zero-order chi connectivity index (χ0) is 27.3. The molecule has 4 aromatic rings. The summed E-state index contributed by atoms with van der Waals surface area (Å²) in [7, 11) is -3.50. The molecule has 1 N–H and O–H groups in total. The number of carbonyl (C=O) groups excluding carboxylic acids is 1. The first-order valence-electron chi connectivity index (χ1n) is 13.6. The summed E-state index contributed by atoms with van der Waals surface area (Å²) in [6.45, 7) is 2.55. The van der Waals surface area contributed by atoms with Crippen molar-refractivity contribution < 1.29 is 17.9 Å². The molecular weight excluding hydrogens is 526 g/mol. The molecule has 0 saturated heterocycles. The molecule has 40 heavy (non-hydrogen) atoms. The molecule has 0 atom stereocenters. The summed E-state index contributed by atoms with van der Waals surface area (Å²) in [5, 5.41) is 3.75. The van der Waals surface area contributed by atoms with Gasteiger partial charge in [0, 0.05) is 36.3 Å². The fraction of sp³-hybridized carbons (Fsp3) is 0.333. The number of nitrogens with zero attached hydrogens (tertiary/aromatic N) is 4. The summed E-state index contributed by atoms with van der Waals surface area (Å²) in [4.78, 5) is 29.9. The number of pyridine rings is 3. The summed E-state index contributed by atoms with van der Waals surface area (Å²) in [5.41, 5.74) is 6.40. The van der Waals surface area contributed by atoms with Crippen molar-refractivity contribution in [1.29, 1.82) is 0 Å². The smallest absolute Gasteiger partial charge is 0.251 e. The second-order valence-electron chi connectivity index (χ2n) is 10.7. The monoisotopic (exact) mass is 555 g/mol. The van der Waals surface area contributed by atoms with Crippen molar-refractivity contribution in [3.05, 3.63) is 82.8 Å². The number of nitrogens with one attached hydrogen (secondary N) is 1. The largest absolute Gasteiger partial charge is 0.376 e. The molecule has 1 aliphatic carbocycles. The molecular formula is C30H29N5O4S. The minimum atomic E-state index is -3.50. The maximum atomic E-state index is 12.9. The van der Waals surface area contributed by atoms with Crippen molar-refractivity contribution >= 4 is 26.6 Å². The van der Waals surface area contributed by atoms with Crippen LogP contribution in [0.1, 0.15) is 45.7 Å². The molecule has 0 spiro atoms. The Kier molecular flexibility index (Phi) is 6.33. The van der Waals surface area contributed by atoms with Crippen LogP contribution in [0.2, 0.25) is 0 Å². The molecule has 2 aliphatic heterocycles. The highest BCUT2D eigenvalue weighted by Gasteiger charge is 2.31. The maximum absolute atomic E-state index is 12.9. The van der Waals surface area contributed by atoms with Gasteiger partial charge in [0.2, 0.25) is 0 Å². The van der Waals surface area contributed by atoms with Gasteiger partial charge in [0.05, 0.1) is 58.7 Å². The SMILES string of the molecule is O=C(NCc1cc2nc(-c3ccc4c(n3)CN(C3CC3)CC4)ccc2cn1)c1ccc2c(c1)S(=O)(=O)CCOC2. The van der Waals surface area contributed by atoms with Crippen molar-refractivity contribution in [2.24, 2.45) is 0 Å². The molecule has 10 heteroatoms. The van der Waals surface area contributed by atoms with E-state index >= 15 is 0 Å². The molecule has 7 rings (SSSR count). The van der Waals surface area contributed by atoms with Gasteiger partial charge >= 0.3 is 0 Å². The Morgan fingerprint density at radius 3 is 2.73 bits per heavy atom. The van der Waals surface area contributed by atoms with Gasteiger partial charge < -0.3 is 10.1 Å². The number of ether oxygens (including phenoxy) is 1. The van der Waals surface area contributed by atoms with Crippen LogP contribution in [-0.4, -0.2) is 59.1 Å². The van der Waals surface area contributed by atoms with Crippen LogP contribution in [0.25, 0.3) is 22.3 Å². The summed E-state index contributed by atoms with van der Waals surface area (Å²) in [5.74, 6) is -0.466. The third kappa shape index (κ3) is 4.98. The average Bonchev–Trinajstić information content (AvgIpc) is 3.84. The Balaban J connectivity index is 1.09.